The summed E-state index contributed by atoms with van der Waals surface area (Å²) < 4.78 is 1.85. The molecule has 0 saturated heterocycles. The van der Waals surface area contributed by atoms with Gasteiger partial charge in [-0.05, 0) is 24.3 Å². The Hall–Kier alpha value is -0.830. The first-order valence-electron chi connectivity index (χ1n) is 5.91. The third-order valence-corrected chi connectivity index (χ3v) is 3.69. The highest BCUT2D eigenvalue weighted by molar-refractivity contribution is 5.02. The Labute approximate surface area is 91.7 Å². The van der Waals surface area contributed by atoms with E-state index >= 15 is 0 Å². The maximum Gasteiger partial charge on any atom is 0.0640 e. The lowest BCUT2D eigenvalue weighted by Crippen LogP contribution is -2.33. The summed E-state index contributed by atoms with van der Waals surface area (Å²) in [6.45, 7) is 2.33. The average molecular weight is 207 g/mol. The minimum absolute atomic E-state index is 0.289. The predicted octanol–water partition coefficient (Wildman–Crippen LogP) is 1.73. The van der Waals surface area contributed by atoms with Crippen molar-refractivity contribution in [3.63, 3.8) is 0 Å². The average Bonchev–Trinajstić information content (AvgIpc) is 2.75. The molecule has 1 aliphatic carbocycles. The molecule has 0 bridgehead atoms. The molecule has 3 atom stereocenters. The second-order valence-corrected chi connectivity index (χ2v) is 4.92. The molecule has 3 nitrogen and oxygen atoms in total. The summed E-state index contributed by atoms with van der Waals surface area (Å²) in [5.74, 6) is 1.50. The highest BCUT2D eigenvalue weighted by atomic mass is 15.2. The molecular weight excluding hydrogens is 186 g/mol. The Balaban J connectivity index is 1.94. The molecule has 1 aromatic rings. The van der Waals surface area contributed by atoms with Crippen molar-refractivity contribution < 1.29 is 0 Å². The van der Waals surface area contributed by atoms with Crippen LogP contribution in [0.25, 0.3) is 0 Å². The van der Waals surface area contributed by atoms with Crippen LogP contribution in [0.2, 0.25) is 0 Å². The minimum atomic E-state index is 0.289. The van der Waals surface area contributed by atoms with Crippen LogP contribution in [0.4, 0.5) is 0 Å². The monoisotopic (exact) mass is 207 g/mol. The van der Waals surface area contributed by atoms with Crippen molar-refractivity contribution >= 4 is 0 Å². The van der Waals surface area contributed by atoms with Gasteiger partial charge in [0.1, 0.15) is 0 Å². The summed E-state index contributed by atoms with van der Waals surface area (Å²) >= 11 is 0. The van der Waals surface area contributed by atoms with Gasteiger partial charge < -0.3 is 5.73 Å². The number of hydrogen-bond acceptors (Lipinski definition) is 2. The van der Waals surface area contributed by atoms with Gasteiger partial charge >= 0.3 is 0 Å². The third kappa shape index (κ3) is 2.40. The first kappa shape index (κ1) is 10.7. The maximum atomic E-state index is 6.26. The molecule has 0 spiro atoms. The van der Waals surface area contributed by atoms with Crippen LogP contribution in [0, 0.1) is 11.8 Å². The normalized spacial score (nSPS) is 28.2. The van der Waals surface area contributed by atoms with Crippen molar-refractivity contribution in [2.75, 3.05) is 0 Å². The number of nitrogens with two attached hydrogens (primary N) is 1. The molecule has 2 rings (SSSR count). The summed E-state index contributed by atoms with van der Waals surface area (Å²) in [4.78, 5) is 0. The van der Waals surface area contributed by atoms with E-state index in [-0.39, 0.29) is 6.04 Å². The van der Waals surface area contributed by atoms with Crippen molar-refractivity contribution in [3.8, 4) is 0 Å². The van der Waals surface area contributed by atoms with Crippen LogP contribution in [-0.2, 0) is 13.5 Å². The molecule has 1 saturated carbocycles. The van der Waals surface area contributed by atoms with Gasteiger partial charge in [-0.15, -0.1) is 0 Å². The van der Waals surface area contributed by atoms with Gasteiger partial charge in [0.25, 0.3) is 0 Å². The van der Waals surface area contributed by atoms with Crippen molar-refractivity contribution in [2.24, 2.45) is 24.6 Å². The number of nitrogens with zero attached hydrogens (tertiary/aromatic N) is 2. The Morgan fingerprint density at radius 1 is 1.60 bits per heavy atom. The van der Waals surface area contributed by atoms with Crippen LogP contribution >= 0.6 is 0 Å². The molecule has 3 unspecified atom stereocenters. The van der Waals surface area contributed by atoms with Gasteiger partial charge in [-0.3, -0.25) is 4.68 Å². The van der Waals surface area contributed by atoms with Crippen LogP contribution in [0.3, 0.4) is 0 Å². The summed E-state index contributed by atoms with van der Waals surface area (Å²) in [6.07, 6.45) is 6.91. The van der Waals surface area contributed by atoms with E-state index in [1.54, 1.807) is 0 Å². The van der Waals surface area contributed by atoms with E-state index in [2.05, 4.69) is 18.1 Å². The lowest BCUT2D eigenvalue weighted by Gasteiger charge is -2.22. The molecule has 0 aliphatic heterocycles. The number of aryl methyl sites for hydroxylation is 1. The fourth-order valence-electron chi connectivity index (χ4n) is 2.78. The zero-order valence-corrected chi connectivity index (χ0v) is 9.69. The van der Waals surface area contributed by atoms with E-state index < -0.39 is 0 Å². The first-order chi connectivity index (χ1) is 7.16. The topological polar surface area (TPSA) is 43.8 Å². The van der Waals surface area contributed by atoms with Gasteiger partial charge in [-0.25, -0.2) is 0 Å². The smallest absolute Gasteiger partial charge is 0.0640 e. The van der Waals surface area contributed by atoms with Crippen molar-refractivity contribution in [1.29, 1.82) is 0 Å². The molecule has 15 heavy (non-hydrogen) atoms. The molecule has 1 fully saturated rings. The Morgan fingerprint density at radius 3 is 2.93 bits per heavy atom. The van der Waals surface area contributed by atoms with Gasteiger partial charge in [-0.2, -0.15) is 5.10 Å². The fourth-order valence-corrected chi connectivity index (χ4v) is 2.78. The van der Waals surface area contributed by atoms with Gasteiger partial charge in [0.15, 0.2) is 0 Å². The fraction of sp³-hybridized carbons (Fsp3) is 0.750. The molecule has 1 aromatic heterocycles. The molecule has 1 aliphatic rings. The molecular formula is C12H21N3. The molecule has 84 valence electrons. The zero-order valence-electron chi connectivity index (χ0n) is 9.69. The minimum Gasteiger partial charge on any atom is -0.327 e. The van der Waals surface area contributed by atoms with Gasteiger partial charge in [0.05, 0.1) is 5.69 Å². The van der Waals surface area contributed by atoms with Crippen LogP contribution in [-0.4, -0.2) is 15.8 Å². The van der Waals surface area contributed by atoms with E-state index in [4.69, 9.17) is 5.73 Å². The van der Waals surface area contributed by atoms with E-state index in [1.807, 2.05) is 17.9 Å². The molecule has 0 radical (unpaired) electrons. The first-order valence-corrected chi connectivity index (χ1v) is 5.91. The van der Waals surface area contributed by atoms with Crippen LogP contribution in [0.1, 0.15) is 31.9 Å². The largest absolute Gasteiger partial charge is 0.327 e. The number of hydrogen-bond donors (Lipinski definition) is 1. The van der Waals surface area contributed by atoms with Crippen LogP contribution in [0.15, 0.2) is 12.3 Å². The summed E-state index contributed by atoms with van der Waals surface area (Å²) in [6, 6.07) is 2.36. The maximum absolute atomic E-state index is 6.26. The summed E-state index contributed by atoms with van der Waals surface area (Å²) in [5, 5.41) is 4.38. The van der Waals surface area contributed by atoms with Crippen LogP contribution < -0.4 is 5.73 Å². The van der Waals surface area contributed by atoms with Crippen molar-refractivity contribution in [3.05, 3.63) is 18.0 Å². The van der Waals surface area contributed by atoms with E-state index in [0.717, 1.165) is 18.0 Å². The Bertz CT molecular complexity index is 318. The Morgan fingerprint density at radius 2 is 2.40 bits per heavy atom. The van der Waals surface area contributed by atoms with Gasteiger partial charge in [0, 0.05) is 25.7 Å². The molecule has 0 aromatic carbocycles. The standard InChI is InChI=1S/C12H21N3/c1-9-4-3-5-11(9)12(13)8-10-6-7-15(2)14-10/h6-7,9,11-12H,3-5,8,13H2,1-2H3. The number of aromatic nitrogens is 2. The van der Waals surface area contributed by atoms with E-state index in [9.17, 15) is 0 Å². The summed E-state index contributed by atoms with van der Waals surface area (Å²) in [5.41, 5.74) is 7.39. The van der Waals surface area contributed by atoms with Gasteiger partial charge in [-0.1, -0.05) is 19.8 Å². The lowest BCUT2D eigenvalue weighted by molar-refractivity contribution is 0.341. The molecule has 3 heteroatoms. The second kappa shape index (κ2) is 4.35. The second-order valence-electron chi connectivity index (χ2n) is 4.92. The quantitative estimate of drug-likeness (QED) is 0.820. The van der Waals surface area contributed by atoms with Crippen molar-refractivity contribution in [2.45, 2.75) is 38.6 Å². The highest BCUT2D eigenvalue weighted by Gasteiger charge is 2.28. The van der Waals surface area contributed by atoms with Gasteiger partial charge in [0.2, 0.25) is 0 Å². The molecule has 1 heterocycles. The molecule has 0 amide bonds. The number of rotatable bonds is 3. The van der Waals surface area contributed by atoms with E-state index in [0.29, 0.717) is 5.92 Å². The highest BCUT2D eigenvalue weighted by Crippen LogP contribution is 2.33. The Kier molecular flexibility index (Phi) is 3.10. The molecule has 2 N–H and O–H groups in total. The SMILES string of the molecule is CC1CCCC1C(N)Cc1ccn(C)n1. The zero-order chi connectivity index (χ0) is 10.8. The summed E-state index contributed by atoms with van der Waals surface area (Å²) in [7, 11) is 1.95. The van der Waals surface area contributed by atoms with E-state index in [1.165, 1.54) is 19.3 Å². The van der Waals surface area contributed by atoms with Crippen molar-refractivity contribution in [1.82, 2.24) is 9.78 Å². The third-order valence-electron chi connectivity index (χ3n) is 3.69. The predicted molar refractivity (Wildman–Crippen MR) is 61.4 cm³/mol. The van der Waals surface area contributed by atoms with Crippen LogP contribution in [0.5, 0.6) is 0 Å². The lowest BCUT2D eigenvalue weighted by atomic mass is 9.88.